The van der Waals surface area contributed by atoms with E-state index in [-0.39, 0.29) is 10.7 Å². The van der Waals surface area contributed by atoms with Crippen molar-refractivity contribution in [2.24, 2.45) is 0 Å². The molecule has 27 heavy (non-hydrogen) atoms. The van der Waals surface area contributed by atoms with Gasteiger partial charge >= 0.3 is 0 Å². The molecule has 0 fully saturated rings. The summed E-state index contributed by atoms with van der Waals surface area (Å²) in [5.74, 6) is 0.225. The van der Waals surface area contributed by atoms with Crippen molar-refractivity contribution in [1.29, 1.82) is 0 Å². The number of nitrogens with zero attached hydrogens (tertiary/aromatic N) is 2. The molecule has 0 aliphatic rings. The maximum absolute atomic E-state index is 12.6. The molecule has 6 nitrogen and oxygen atoms in total. The third-order valence-electron chi connectivity index (χ3n) is 4.04. The van der Waals surface area contributed by atoms with Crippen LogP contribution in [-0.4, -0.2) is 13.4 Å². The predicted octanol–water partition coefficient (Wildman–Crippen LogP) is 4.85. The number of fused-ring (bicyclic) bond motifs is 1. The van der Waals surface area contributed by atoms with Crippen LogP contribution in [-0.2, 0) is 10.0 Å². The number of rotatable bonds is 4. The summed E-state index contributed by atoms with van der Waals surface area (Å²) in [6, 6.07) is 18.5. The fourth-order valence-electron chi connectivity index (χ4n) is 2.66. The van der Waals surface area contributed by atoms with E-state index in [4.69, 9.17) is 11.0 Å². The number of hydrogen-bond acceptors (Lipinski definition) is 4. The van der Waals surface area contributed by atoms with Gasteiger partial charge in [0.15, 0.2) is 11.3 Å². The Labute approximate surface area is 156 Å². The van der Waals surface area contributed by atoms with Crippen LogP contribution in [0.3, 0.4) is 0 Å². The van der Waals surface area contributed by atoms with Crippen LogP contribution in [0.4, 0.5) is 11.5 Å². The van der Waals surface area contributed by atoms with E-state index in [1.165, 1.54) is 18.4 Å². The zero-order valence-electron chi connectivity index (χ0n) is 14.0. The van der Waals surface area contributed by atoms with Crippen LogP contribution >= 0.6 is 0 Å². The Kier molecular flexibility index (Phi) is 4.11. The monoisotopic (exact) mass is 375 g/mol. The highest BCUT2D eigenvalue weighted by Gasteiger charge is 2.15. The van der Waals surface area contributed by atoms with Crippen molar-refractivity contribution in [3.05, 3.63) is 84.4 Å². The zero-order chi connectivity index (χ0) is 18.9. The molecular weight excluding hydrogens is 362 g/mol. The summed E-state index contributed by atoms with van der Waals surface area (Å²) < 4.78 is 32.9. The molecule has 0 saturated heterocycles. The number of aromatic nitrogens is 1. The first kappa shape index (κ1) is 16.8. The molecule has 0 aliphatic heterocycles. The Hall–Kier alpha value is -3.63. The van der Waals surface area contributed by atoms with Crippen molar-refractivity contribution >= 4 is 32.6 Å². The maximum atomic E-state index is 12.6. The average molecular weight is 375 g/mol. The van der Waals surface area contributed by atoms with Crippen molar-refractivity contribution in [2.75, 3.05) is 4.72 Å². The van der Waals surface area contributed by atoms with Crippen LogP contribution in [0.5, 0.6) is 0 Å². The zero-order valence-corrected chi connectivity index (χ0v) is 14.8. The van der Waals surface area contributed by atoms with E-state index in [1.807, 2.05) is 12.1 Å². The third-order valence-corrected chi connectivity index (χ3v) is 5.41. The molecule has 0 atom stereocenters. The second-order valence-electron chi connectivity index (χ2n) is 5.79. The van der Waals surface area contributed by atoms with Gasteiger partial charge in [-0.05, 0) is 35.4 Å². The quantitative estimate of drug-likeness (QED) is 0.518. The summed E-state index contributed by atoms with van der Waals surface area (Å²) in [6.07, 6.45) is 1.50. The van der Waals surface area contributed by atoms with Crippen molar-refractivity contribution in [1.82, 2.24) is 4.98 Å². The molecule has 1 N–H and O–H groups in total. The number of sulfonamides is 1. The van der Waals surface area contributed by atoms with E-state index in [9.17, 15) is 8.42 Å². The van der Waals surface area contributed by atoms with Gasteiger partial charge in [0.05, 0.1) is 17.7 Å². The SMILES string of the molecule is [C-]#[N+]c1ccc(-c2ccc(S(=O)(=O)Nc3ccc4occc4n3)cc2)cc1. The van der Waals surface area contributed by atoms with Gasteiger partial charge in [0, 0.05) is 6.07 Å². The lowest BCUT2D eigenvalue weighted by Crippen LogP contribution is -2.13. The van der Waals surface area contributed by atoms with E-state index < -0.39 is 10.0 Å². The van der Waals surface area contributed by atoms with E-state index in [0.29, 0.717) is 16.8 Å². The first-order valence-corrected chi connectivity index (χ1v) is 9.48. The molecule has 2 aromatic carbocycles. The van der Waals surface area contributed by atoms with Gasteiger partial charge in [-0.15, -0.1) is 0 Å². The lowest BCUT2D eigenvalue weighted by Gasteiger charge is -2.08. The van der Waals surface area contributed by atoms with Crippen molar-refractivity contribution in [3.63, 3.8) is 0 Å². The first-order chi connectivity index (χ1) is 13.0. The Balaban J connectivity index is 1.58. The lowest BCUT2D eigenvalue weighted by atomic mass is 10.1. The topological polar surface area (TPSA) is 76.6 Å². The Morgan fingerprint density at radius 2 is 1.56 bits per heavy atom. The number of pyridine rings is 1. The summed E-state index contributed by atoms with van der Waals surface area (Å²) >= 11 is 0. The largest absolute Gasteiger partial charge is 0.463 e. The van der Waals surface area contributed by atoms with E-state index in [1.54, 1.807) is 42.5 Å². The fourth-order valence-corrected chi connectivity index (χ4v) is 3.66. The summed E-state index contributed by atoms with van der Waals surface area (Å²) in [4.78, 5) is 7.71. The molecule has 0 bridgehead atoms. The molecule has 132 valence electrons. The average Bonchev–Trinajstić information content (AvgIpc) is 3.16. The smallest absolute Gasteiger partial charge is 0.263 e. The van der Waals surface area contributed by atoms with Crippen molar-refractivity contribution in [3.8, 4) is 11.1 Å². The molecule has 4 rings (SSSR count). The number of furan rings is 1. The van der Waals surface area contributed by atoms with Crippen molar-refractivity contribution < 1.29 is 12.8 Å². The molecule has 2 heterocycles. The summed E-state index contributed by atoms with van der Waals surface area (Å²) in [5.41, 5.74) is 3.50. The molecule has 7 heteroatoms. The molecule has 0 radical (unpaired) electrons. The van der Waals surface area contributed by atoms with Crippen LogP contribution in [0.1, 0.15) is 0 Å². The van der Waals surface area contributed by atoms with Crippen LogP contribution in [0.2, 0.25) is 0 Å². The van der Waals surface area contributed by atoms with E-state index in [2.05, 4.69) is 14.6 Å². The Morgan fingerprint density at radius 1 is 0.889 bits per heavy atom. The van der Waals surface area contributed by atoms with Gasteiger partial charge in [-0.25, -0.2) is 18.2 Å². The van der Waals surface area contributed by atoms with Gasteiger partial charge in [-0.3, -0.25) is 4.72 Å². The molecular formula is C20H13N3O3S. The highest BCUT2D eigenvalue weighted by molar-refractivity contribution is 7.92. The second-order valence-corrected chi connectivity index (χ2v) is 7.47. The fraction of sp³-hybridized carbons (Fsp3) is 0. The molecule has 4 aromatic rings. The summed E-state index contributed by atoms with van der Waals surface area (Å²) in [7, 11) is -3.76. The third kappa shape index (κ3) is 3.38. The molecule has 0 aliphatic carbocycles. The maximum Gasteiger partial charge on any atom is 0.263 e. The molecule has 0 saturated carbocycles. The summed E-state index contributed by atoms with van der Waals surface area (Å²) in [6.45, 7) is 6.98. The molecule has 0 spiro atoms. The van der Waals surface area contributed by atoms with Gasteiger partial charge in [-0.1, -0.05) is 36.4 Å². The van der Waals surface area contributed by atoms with E-state index >= 15 is 0 Å². The minimum atomic E-state index is -3.76. The van der Waals surface area contributed by atoms with Crippen LogP contribution < -0.4 is 4.72 Å². The number of nitrogens with one attached hydrogen (secondary N) is 1. The normalized spacial score (nSPS) is 11.2. The highest BCUT2D eigenvalue weighted by atomic mass is 32.2. The van der Waals surface area contributed by atoms with Gasteiger partial charge in [-0.2, -0.15) is 0 Å². The number of hydrogen-bond donors (Lipinski definition) is 1. The van der Waals surface area contributed by atoms with Crippen molar-refractivity contribution in [2.45, 2.75) is 4.90 Å². The molecule has 2 aromatic heterocycles. The highest BCUT2D eigenvalue weighted by Crippen LogP contribution is 2.25. The minimum Gasteiger partial charge on any atom is -0.463 e. The Bertz CT molecular complexity index is 1250. The standard InChI is InChI=1S/C20H13N3O3S/c1-21-16-6-2-14(3-7-16)15-4-8-17(9-5-15)27(24,25)23-20-11-10-19-18(22-20)12-13-26-19/h2-13H,(H,22,23). The number of anilines is 1. The van der Waals surface area contributed by atoms with E-state index in [0.717, 1.165) is 11.1 Å². The van der Waals surface area contributed by atoms with Gasteiger partial charge in [0.1, 0.15) is 11.3 Å². The molecule has 0 amide bonds. The van der Waals surface area contributed by atoms with Gasteiger partial charge < -0.3 is 4.42 Å². The number of benzene rings is 2. The van der Waals surface area contributed by atoms with Gasteiger partial charge in [0.25, 0.3) is 10.0 Å². The Morgan fingerprint density at radius 3 is 2.22 bits per heavy atom. The summed E-state index contributed by atoms with van der Waals surface area (Å²) in [5, 5.41) is 0. The predicted molar refractivity (Wildman–Crippen MR) is 103 cm³/mol. The minimum absolute atomic E-state index is 0.137. The van der Waals surface area contributed by atoms with Gasteiger partial charge in [0.2, 0.25) is 0 Å². The van der Waals surface area contributed by atoms with Crippen LogP contribution in [0.25, 0.3) is 27.1 Å². The lowest BCUT2D eigenvalue weighted by molar-refractivity contribution is 0.601. The first-order valence-electron chi connectivity index (χ1n) is 8.00. The van der Waals surface area contributed by atoms with Crippen LogP contribution in [0, 0.1) is 6.57 Å². The second kappa shape index (κ2) is 6.59. The molecule has 0 unspecified atom stereocenters. The van der Waals surface area contributed by atoms with Crippen LogP contribution in [0.15, 0.2) is 82.3 Å².